The third-order valence-electron chi connectivity index (χ3n) is 5.22. The quantitative estimate of drug-likeness (QED) is 0.419. The van der Waals surface area contributed by atoms with E-state index < -0.39 is 17.6 Å². The lowest BCUT2D eigenvalue weighted by molar-refractivity contribution is -0.118. The van der Waals surface area contributed by atoms with Crippen molar-refractivity contribution in [2.75, 3.05) is 19.0 Å². The number of amides is 2. The standard InChI is InChI=1S/C23H26BrN3O5/c1-14-17(24)9-11-20(25-14)27-21(28)13-32-18-10-8-15(12-19(18)31-2)22(29)23(30)26-16-6-4-3-5-7-16/h8-12,16H,3-7,13H2,1-2H3,(H,26,30)(H,25,27,28). The number of hydrogen-bond donors (Lipinski definition) is 2. The van der Waals surface area contributed by atoms with Crippen LogP contribution in [0.2, 0.25) is 0 Å². The van der Waals surface area contributed by atoms with Gasteiger partial charge in [-0.3, -0.25) is 14.4 Å². The van der Waals surface area contributed by atoms with Crippen molar-refractivity contribution in [1.29, 1.82) is 0 Å². The van der Waals surface area contributed by atoms with Crippen LogP contribution in [0.3, 0.4) is 0 Å². The number of aryl methyl sites for hydroxylation is 1. The molecule has 32 heavy (non-hydrogen) atoms. The lowest BCUT2D eigenvalue weighted by atomic mass is 9.95. The molecule has 2 amide bonds. The van der Waals surface area contributed by atoms with Crippen LogP contribution >= 0.6 is 15.9 Å². The van der Waals surface area contributed by atoms with Crippen molar-refractivity contribution in [3.63, 3.8) is 0 Å². The molecule has 2 aromatic rings. The predicted octanol–water partition coefficient (Wildman–Crippen LogP) is 3.81. The molecule has 0 unspecified atom stereocenters. The van der Waals surface area contributed by atoms with E-state index in [4.69, 9.17) is 9.47 Å². The Morgan fingerprint density at radius 2 is 1.84 bits per heavy atom. The summed E-state index contributed by atoms with van der Waals surface area (Å²) in [6.45, 7) is 1.54. The van der Waals surface area contributed by atoms with E-state index in [0.29, 0.717) is 5.82 Å². The molecule has 1 aliphatic carbocycles. The van der Waals surface area contributed by atoms with Gasteiger partial charge < -0.3 is 20.1 Å². The molecule has 1 aromatic carbocycles. The number of Topliss-reactive ketones (excluding diaryl/α,β-unsaturated/α-hetero) is 1. The molecule has 9 heteroatoms. The number of rotatable bonds is 8. The molecule has 8 nitrogen and oxygen atoms in total. The van der Waals surface area contributed by atoms with Crippen LogP contribution in [0, 0.1) is 6.92 Å². The van der Waals surface area contributed by atoms with E-state index in [-0.39, 0.29) is 29.7 Å². The number of nitrogens with one attached hydrogen (secondary N) is 2. The number of ether oxygens (including phenoxy) is 2. The molecule has 0 radical (unpaired) electrons. The van der Waals surface area contributed by atoms with Crippen molar-refractivity contribution >= 4 is 39.3 Å². The highest BCUT2D eigenvalue weighted by Crippen LogP contribution is 2.28. The molecule has 1 aromatic heterocycles. The van der Waals surface area contributed by atoms with Gasteiger partial charge in [-0.05, 0) is 66.0 Å². The second-order valence-corrected chi connectivity index (χ2v) is 8.46. The third-order valence-corrected chi connectivity index (χ3v) is 6.06. The lowest BCUT2D eigenvalue weighted by Crippen LogP contribution is -2.40. The zero-order chi connectivity index (χ0) is 23.1. The topological polar surface area (TPSA) is 107 Å². The van der Waals surface area contributed by atoms with Crippen LogP contribution in [-0.4, -0.2) is 42.3 Å². The molecule has 1 saturated carbocycles. The fourth-order valence-electron chi connectivity index (χ4n) is 3.49. The molecular formula is C23H26BrN3O5. The number of halogens is 1. The minimum atomic E-state index is -0.630. The Morgan fingerprint density at radius 1 is 1.09 bits per heavy atom. The maximum atomic E-state index is 12.5. The molecule has 1 aliphatic rings. The molecule has 0 spiro atoms. The van der Waals surface area contributed by atoms with Crippen molar-refractivity contribution in [3.05, 3.63) is 46.1 Å². The molecule has 170 valence electrons. The number of carbonyl (C=O) groups is 3. The monoisotopic (exact) mass is 503 g/mol. The van der Waals surface area contributed by atoms with Gasteiger partial charge in [-0.1, -0.05) is 19.3 Å². The first kappa shape index (κ1) is 23.7. The Balaban J connectivity index is 1.59. The maximum absolute atomic E-state index is 12.5. The summed E-state index contributed by atoms with van der Waals surface area (Å²) in [5, 5.41) is 5.47. The van der Waals surface area contributed by atoms with E-state index in [2.05, 4.69) is 31.5 Å². The van der Waals surface area contributed by atoms with Crippen LogP contribution in [-0.2, 0) is 9.59 Å². The molecule has 0 saturated heterocycles. The van der Waals surface area contributed by atoms with Gasteiger partial charge in [0.2, 0.25) is 5.78 Å². The zero-order valence-corrected chi connectivity index (χ0v) is 19.7. The first-order valence-corrected chi connectivity index (χ1v) is 11.3. The number of nitrogens with zero attached hydrogens (tertiary/aromatic N) is 1. The van der Waals surface area contributed by atoms with Gasteiger partial charge in [-0.25, -0.2) is 4.98 Å². The second-order valence-electron chi connectivity index (χ2n) is 7.60. The zero-order valence-electron chi connectivity index (χ0n) is 18.1. The van der Waals surface area contributed by atoms with Crippen molar-refractivity contribution in [2.24, 2.45) is 0 Å². The lowest BCUT2D eigenvalue weighted by Gasteiger charge is -2.22. The minimum absolute atomic E-state index is 0.0484. The van der Waals surface area contributed by atoms with Crippen LogP contribution in [0.25, 0.3) is 0 Å². The van der Waals surface area contributed by atoms with Gasteiger partial charge in [-0.2, -0.15) is 0 Å². The molecular weight excluding hydrogens is 478 g/mol. The van der Waals surface area contributed by atoms with E-state index in [9.17, 15) is 14.4 Å². The Morgan fingerprint density at radius 3 is 2.53 bits per heavy atom. The SMILES string of the molecule is COc1cc(C(=O)C(=O)NC2CCCCC2)ccc1OCC(=O)Nc1ccc(Br)c(C)n1. The number of hydrogen-bond acceptors (Lipinski definition) is 6. The first-order chi connectivity index (χ1) is 15.4. The number of aromatic nitrogens is 1. The van der Waals surface area contributed by atoms with E-state index in [1.165, 1.54) is 25.3 Å². The number of anilines is 1. The normalized spacial score (nSPS) is 13.8. The Hall–Kier alpha value is -2.94. The molecule has 0 bridgehead atoms. The van der Waals surface area contributed by atoms with Gasteiger partial charge in [0.05, 0.1) is 12.8 Å². The van der Waals surface area contributed by atoms with Crippen molar-refractivity contribution in [3.8, 4) is 11.5 Å². The first-order valence-electron chi connectivity index (χ1n) is 10.5. The Labute approximate surface area is 195 Å². The van der Waals surface area contributed by atoms with Gasteiger partial charge in [0.1, 0.15) is 5.82 Å². The number of benzene rings is 1. The minimum Gasteiger partial charge on any atom is -0.493 e. The summed E-state index contributed by atoms with van der Waals surface area (Å²) >= 11 is 3.36. The summed E-state index contributed by atoms with van der Waals surface area (Å²) in [5.41, 5.74) is 0.944. The summed E-state index contributed by atoms with van der Waals surface area (Å²) in [4.78, 5) is 41.3. The van der Waals surface area contributed by atoms with E-state index in [0.717, 1.165) is 42.3 Å². The number of ketones is 1. The van der Waals surface area contributed by atoms with Gasteiger partial charge >= 0.3 is 0 Å². The van der Waals surface area contributed by atoms with Crippen molar-refractivity contribution in [2.45, 2.75) is 45.1 Å². The molecule has 3 rings (SSSR count). The summed E-state index contributed by atoms with van der Waals surface area (Å²) in [6.07, 6.45) is 5.07. The van der Waals surface area contributed by atoms with Crippen LogP contribution in [0.1, 0.15) is 48.2 Å². The van der Waals surface area contributed by atoms with Gasteiger partial charge in [0, 0.05) is 16.1 Å². The molecule has 2 N–H and O–H groups in total. The summed E-state index contributed by atoms with van der Waals surface area (Å²) in [6, 6.07) is 7.95. The summed E-state index contributed by atoms with van der Waals surface area (Å²) < 4.78 is 11.7. The van der Waals surface area contributed by atoms with Crippen LogP contribution < -0.4 is 20.1 Å². The fourth-order valence-corrected chi connectivity index (χ4v) is 3.71. The molecule has 1 fully saturated rings. The highest BCUT2D eigenvalue weighted by atomic mass is 79.9. The van der Waals surface area contributed by atoms with E-state index in [1.807, 2.05) is 6.92 Å². The Bertz CT molecular complexity index is 1010. The van der Waals surface area contributed by atoms with E-state index >= 15 is 0 Å². The summed E-state index contributed by atoms with van der Waals surface area (Å²) in [5.74, 6) is -0.692. The average Bonchev–Trinajstić information content (AvgIpc) is 2.80. The summed E-state index contributed by atoms with van der Waals surface area (Å²) in [7, 11) is 1.42. The Kier molecular flexibility index (Phi) is 8.21. The average molecular weight is 504 g/mol. The molecule has 1 heterocycles. The largest absolute Gasteiger partial charge is 0.493 e. The smallest absolute Gasteiger partial charge is 0.292 e. The maximum Gasteiger partial charge on any atom is 0.292 e. The highest BCUT2D eigenvalue weighted by molar-refractivity contribution is 9.10. The molecule has 0 aliphatic heterocycles. The van der Waals surface area contributed by atoms with Gasteiger partial charge in [0.25, 0.3) is 11.8 Å². The number of carbonyl (C=O) groups excluding carboxylic acids is 3. The van der Waals surface area contributed by atoms with Crippen molar-refractivity contribution in [1.82, 2.24) is 10.3 Å². The van der Waals surface area contributed by atoms with Crippen LogP contribution in [0.5, 0.6) is 11.5 Å². The number of pyridine rings is 1. The van der Waals surface area contributed by atoms with Crippen LogP contribution in [0.15, 0.2) is 34.8 Å². The fraction of sp³-hybridized carbons (Fsp3) is 0.391. The highest BCUT2D eigenvalue weighted by Gasteiger charge is 2.23. The van der Waals surface area contributed by atoms with E-state index in [1.54, 1.807) is 12.1 Å². The second kappa shape index (κ2) is 11.1. The van der Waals surface area contributed by atoms with Gasteiger partial charge in [0.15, 0.2) is 18.1 Å². The number of methoxy groups -OCH3 is 1. The predicted molar refractivity (Wildman–Crippen MR) is 123 cm³/mol. The third kappa shape index (κ3) is 6.29. The van der Waals surface area contributed by atoms with Crippen LogP contribution in [0.4, 0.5) is 5.82 Å². The van der Waals surface area contributed by atoms with Gasteiger partial charge in [-0.15, -0.1) is 0 Å². The molecule has 0 atom stereocenters. The van der Waals surface area contributed by atoms with Crippen molar-refractivity contribution < 1.29 is 23.9 Å².